The summed E-state index contributed by atoms with van der Waals surface area (Å²) < 4.78 is 10.7. The molecule has 4 heteroatoms. The number of rotatable bonds is 2. The van der Waals surface area contributed by atoms with Gasteiger partial charge < -0.3 is 14.8 Å². The molecule has 0 aromatic heterocycles. The quantitative estimate of drug-likeness (QED) is 0.709. The molecule has 16 heavy (non-hydrogen) atoms. The lowest BCUT2D eigenvalue weighted by Crippen LogP contribution is -2.52. The van der Waals surface area contributed by atoms with E-state index in [1.54, 1.807) is 0 Å². The molecular formula is C12H19NO3. The van der Waals surface area contributed by atoms with Gasteiger partial charge >= 0.3 is 0 Å². The molecule has 1 saturated carbocycles. The van der Waals surface area contributed by atoms with E-state index in [9.17, 15) is 4.79 Å². The van der Waals surface area contributed by atoms with Gasteiger partial charge in [-0.2, -0.15) is 0 Å². The first-order valence-electron chi connectivity index (χ1n) is 6.15. The molecule has 1 spiro atoms. The van der Waals surface area contributed by atoms with Gasteiger partial charge in [0.05, 0.1) is 18.8 Å². The topological polar surface area (TPSA) is 50.9 Å². The van der Waals surface area contributed by atoms with Gasteiger partial charge in [-0.1, -0.05) is 0 Å². The highest BCUT2D eigenvalue weighted by Gasteiger charge is 2.50. The number of hydrogen-bond acceptors (Lipinski definition) is 3. The molecule has 2 aliphatic heterocycles. The van der Waals surface area contributed by atoms with Crippen molar-refractivity contribution in [1.82, 2.24) is 5.32 Å². The third-order valence-electron chi connectivity index (χ3n) is 4.07. The molecule has 2 heterocycles. The number of epoxide rings is 1. The van der Waals surface area contributed by atoms with Crippen molar-refractivity contribution in [1.29, 1.82) is 0 Å². The lowest BCUT2D eigenvalue weighted by atomic mass is 9.64. The lowest BCUT2D eigenvalue weighted by molar-refractivity contribution is -0.124. The highest BCUT2D eigenvalue weighted by Crippen LogP contribution is 2.49. The Balaban J connectivity index is 1.45. The predicted octanol–water partition coefficient (Wildman–Crippen LogP) is 0.847. The van der Waals surface area contributed by atoms with Crippen LogP contribution in [0, 0.1) is 5.41 Å². The van der Waals surface area contributed by atoms with E-state index in [0.717, 1.165) is 25.9 Å². The summed E-state index contributed by atoms with van der Waals surface area (Å²) in [6.07, 6.45) is 3.62. The first-order valence-corrected chi connectivity index (χ1v) is 6.15. The molecule has 1 aliphatic carbocycles. The van der Waals surface area contributed by atoms with Gasteiger partial charge in [0.1, 0.15) is 0 Å². The molecule has 4 nitrogen and oxygen atoms in total. The number of carbonyl (C=O) groups excluding carboxylic acids is 1. The standard InChI is InChI=1S/C12H19NO3/c1-7-3-12(6-15-7)4-9(5-12)13-11(14)10-8(2)16-10/h7-10H,3-6H2,1-2H3,(H,13,14)/t7?,8-,9?,10+,12?/m0/s1. The second kappa shape index (κ2) is 3.44. The average molecular weight is 225 g/mol. The van der Waals surface area contributed by atoms with Crippen LogP contribution in [0.4, 0.5) is 0 Å². The van der Waals surface area contributed by atoms with Crippen molar-refractivity contribution < 1.29 is 14.3 Å². The van der Waals surface area contributed by atoms with Crippen molar-refractivity contribution in [2.75, 3.05) is 6.61 Å². The van der Waals surface area contributed by atoms with Crippen molar-refractivity contribution in [3.05, 3.63) is 0 Å². The summed E-state index contributed by atoms with van der Waals surface area (Å²) >= 11 is 0. The van der Waals surface area contributed by atoms with E-state index in [0.29, 0.717) is 17.6 Å². The van der Waals surface area contributed by atoms with Crippen LogP contribution in [0.1, 0.15) is 33.1 Å². The summed E-state index contributed by atoms with van der Waals surface area (Å²) in [5.74, 6) is 0.0688. The van der Waals surface area contributed by atoms with Gasteiger partial charge in [-0.25, -0.2) is 0 Å². The van der Waals surface area contributed by atoms with E-state index in [2.05, 4.69) is 12.2 Å². The fourth-order valence-corrected chi connectivity index (χ4v) is 3.16. The van der Waals surface area contributed by atoms with Gasteiger partial charge in [-0.15, -0.1) is 0 Å². The maximum absolute atomic E-state index is 11.6. The predicted molar refractivity (Wildman–Crippen MR) is 58.0 cm³/mol. The van der Waals surface area contributed by atoms with Crippen LogP contribution >= 0.6 is 0 Å². The number of ether oxygens (including phenoxy) is 2. The Kier molecular flexibility index (Phi) is 2.27. The number of hydrogen-bond donors (Lipinski definition) is 1. The third-order valence-corrected chi connectivity index (χ3v) is 4.07. The van der Waals surface area contributed by atoms with Gasteiger partial charge in [0.25, 0.3) is 5.91 Å². The summed E-state index contributed by atoms with van der Waals surface area (Å²) in [7, 11) is 0. The molecule has 0 aromatic rings. The Morgan fingerprint density at radius 3 is 2.50 bits per heavy atom. The van der Waals surface area contributed by atoms with Crippen LogP contribution in [-0.4, -0.2) is 36.9 Å². The van der Waals surface area contributed by atoms with Crippen molar-refractivity contribution >= 4 is 5.91 Å². The molecule has 0 aromatic carbocycles. The van der Waals surface area contributed by atoms with Crippen LogP contribution in [0.2, 0.25) is 0 Å². The van der Waals surface area contributed by atoms with Crippen molar-refractivity contribution in [2.24, 2.45) is 5.41 Å². The summed E-state index contributed by atoms with van der Waals surface area (Å²) in [5, 5.41) is 3.06. The van der Waals surface area contributed by atoms with Gasteiger partial charge in [0, 0.05) is 11.5 Å². The highest BCUT2D eigenvalue weighted by atomic mass is 16.6. The molecule has 0 bridgehead atoms. The minimum atomic E-state index is -0.185. The number of carbonyl (C=O) groups is 1. The molecule has 1 amide bonds. The maximum atomic E-state index is 11.6. The van der Waals surface area contributed by atoms with Crippen molar-refractivity contribution in [3.63, 3.8) is 0 Å². The Labute approximate surface area is 95.7 Å². The molecular weight excluding hydrogens is 206 g/mol. The summed E-state index contributed by atoms with van der Waals surface area (Å²) in [4.78, 5) is 11.6. The number of amides is 1. The Morgan fingerprint density at radius 2 is 2.00 bits per heavy atom. The summed E-state index contributed by atoms with van der Waals surface area (Å²) in [6.45, 7) is 4.93. The van der Waals surface area contributed by atoms with Crippen LogP contribution in [0.15, 0.2) is 0 Å². The zero-order valence-electron chi connectivity index (χ0n) is 9.86. The van der Waals surface area contributed by atoms with Gasteiger partial charge in [-0.3, -0.25) is 4.79 Å². The normalized spacial score (nSPS) is 50.1. The minimum Gasteiger partial charge on any atom is -0.378 e. The Bertz CT molecular complexity index is 311. The van der Waals surface area contributed by atoms with Crippen molar-refractivity contribution in [2.45, 2.75) is 57.5 Å². The number of nitrogens with one attached hydrogen (secondary N) is 1. The lowest BCUT2D eigenvalue weighted by Gasteiger charge is -2.44. The van der Waals surface area contributed by atoms with E-state index in [1.807, 2.05) is 6.92 Å². The molecule has 90 valence electrons. The SMILES string of the molecule is CC1CC2(CO1)CC(NC(=O)[C@@H]1O[C@H]1C)C2. The van der Waals surface area contributed by atoms with Crippen LogP contribution < -0.4 is 5.32 Å². The molecule has 1 unspecified atom stereocenters. The summed E-state index contributed by atoms with van der Waals surface area (Å²) in [5.41, 5.74) is 0.368. The zero-order valence-corrected chi connectivity index (χ0v) is 9.86. The van der Waals surface area contributed by atoms with E-state index in [-0.39, 0.29) is 18.1 Å². The molecule has 3 aliphatic rings. The highest BCUT2D eigenvalue weighted by molar-refractivity contribution is 5.83. The van der Waals surface area contributed by atoms with Crippen molar-refractivity contribution in [3.8, 4) is 0 Å². The second-order valence-corrected chi connectivity index (χ2v) is 5.70. The monoisotopic (exact) mass is 225 g/mol. The molecule has 2 saturated heterocycles. The zero-order chi connectivity index (χ0) is 11.3. The fraction of sp³-hybridized carbons (Fsp3) is 0.917. The largest absolute Gasteiger partial charge is 0.378 e. The molecule has 3 fully saturated rings. The third kappa shape index (κ3) is 1.74. The van der Waals surface area contributed by atoms with Gasteiger partial charge in [0.15, 0.2) is 6.10 Å². The van der Waals surface area contributed by atoms with Gasteiger partial charge in [0.2, 0.25) is 0 Å². The maximum Gasteiger partial charge on any atom is 0.252 e. The Morgan fingerprint density at radius 1 is 1.31 bits per heavy atom. The van der Waals surface area contributed by atoms with E-state index in [1.165, 1.54) is 0 Å². The van der Waals surface area contributed by atoms with E-state index in [4.69, 9.17) is 9.47 Å². The molecule has 1 N–H and O–H groups in total. The van der Waals surface area contributed by atoms with E-state index < -0.39 is 0 Å². The average Bonchev–Trinajstić information content (AvgIpc) is 2.77. The fourth-order valence-electron chi connectivity index (χ4n) is 3.16. The minimum absolute atomic E-state index is 0.0688. The van der Waals surface area contributed by atoms with Crippen LogP contribution in [0.25, 0.3) is 0 Å². The second-order valence-electron chi connectivity index (χ2n) is 5.70. The Hall–Kier alpha value is -0.610. The first-order chi connectivity index (χ1) is 7.58. The van der Waals surface area contributed by atoms with Crippen LogP contribution in [-0.2, 0) is 14.3 Å². The van der Waals surface area contributed by atoms with Crippen LogP contribution in [0.5, 0.6) is 0 Å². The summed E-state index contributed by atoms with van der Waals surface area (Å²) in [6, 6.07) is 0.345. The molecule has 3 rings (SSSR count). The molecule has 0 radical (unpaired) electrons. The molecule has 3 atom stereocenters. The first kappa shape index (κ1) is 10.5. The van der Waals surface area contributed by atoms with E-state index >= 15 is 0 Å². The smallest absolute Gasteiger partial charge is 0.252 e. The van der Waals surface area contributed by atoms with Crippen LogP contribution in [0.3, 0.4) is 0 Å². The van der Waals surface area contributed by atoms with Gasteiger partial charge in [-0.05, 0) is 33.1 Å².